The molecule has 3 amide bonds. The molecule has 1 saturated carbocycles. The lowest BCUT2D eigenvalue weighted by Crippen LogP contribution is -2.44. The number of fused-ring (bicyclic) bond motifs is 1. The largest absolute Gasteiger partial charge is 0.310 e. The highest BCUT2D eigenvalue weighted by Gasteiger charge is 2.39. The van der Waals surface area contributed by atoms with E-state index in [1.54, 1.807) is 24.3 Å². The minimum Gasteiger partial charge on any atom is -0.289 e. The first-order valence-corrected chi connectivity index (χ1v) is 8.41. The van der Waals surface area contributed by atoms with E-state index in [9.17, 15) is 19.2 Å². The third-order valence-corrected chi connectivity index (χ3v) is 4.76. The molecule has 132 valence electrons. The Morgan fingerprint density at radius 3 is 2.32 bits per heavy atom. The van der Waals surface area contributed by atoms with E-state index >= 15 is 0 Å². The predicted molar refractivity (Wildman–Crippen MR) is 87.5 cm³/mol. The molecule has 1 aromatic carbocycles. The fourth-order valence-corrected chi connectivity index (χ4v) is 3.38. The topological polar surface area (TPSA) is 92.8 Å². The van der Waals surface area contributed by atoms with Crippen LogP contribution in [0.3, 0.4) is 0 Å². The standard InChI is InChI=1S/C18H20N2O5/c1-11(21)16(22)19-25-15-9-5-2-6-12(15)10-20-17(23)13-7-3-4-8-14(13)18(20)24/h3-4,7-8,12,15H,2,5-6,9-10H2,1H3,(H,19,22). The zero-order valence-corrected chi connectivity index (χ0v) is 14.0. The summed E-state index contributed by atoms with van der Waals surface area (Å²) in [6, 6.07) is 6.77. The molecular weight excluding hydrogens is 324 g/mol. The molecule has 0 spiro atoms. The first-order valence-electron chi connectivity index (χ1n) is 8.41. The summed E-state index contributed by atoms with van der Waals surface area (Å²) >= 11 is 0. The monoisotopic (exact) mass is 344 g/mol. The maximum absolute atomic E-state index is 12.5. The Labute approximate surface area is 145 Å². The number of hydrogen-bond acceptors (Lipinski definition) is 5. The van der Waals surface area contributed by atoms with E-state index < -0.39 is 11.7 Å². The van der Waals surface area contributed by atoms with Crippen LogP contribution < -0.4 is 5.48 Å². The van der Waals surface area contributed by atoms with Crippen molar-refractivity contribution in [3.8, 4) is 0 Å². The van der Waals surface area contributed by atoms with Crippen molar-refractivity contribution in [2.24, 2.45) is 5.92 Å². The first kappa shape index (κ1) is 17.3. The highest BCUT2D eigenvalue weighted by atomic mass is 16.7. The molecule has 1 aromatic rings. The van der Waals surface area contributed by atoms with Gasteiger partial charge in [0.1, 0.15) is 0 Å². The van der Waals surface area contributed by atoms with E-state index in [-0.39, 0.29) is 30.4 Å². The maximum Gasteiger partial charge on any atom is 0.310 e. The lowest BCUT2D eigenvalue weighted by Gasteiger charge is -2.32. The summed E-state index contributed by atoms with van der Waals surface area (Å²) in [5.74, 6) is -2.10. The Morgan fingerprint density at radius 1 is 1.12 bits per heavy atom. The molecule has 7 nitrogen and oxygen atoms in total. The number of amides is 3. The molecule has 1 heterocycles. The number of ketones is 1. The lowest BCUT2D eigenvalue weighted by atomic mass is 9.86. The molecular formula is C18H20N2O5. The summed E-state index contributed by atoms with van der Waals surface area (Å²) in [5, 5.41) is 0. The van der Waals surface area contributed by atoms with Crippen LogP contribution in [0.4, 0.5) is 0 Å². The Balaban J connectivity index is 1.68. The quantitative estimate of drug-likeness (QED) is 0.496. The van der Waals surface area contributed by atoms with E-state index in [0.717, 1.165) is 26.2 Å². The van der Waals surface area contributed by atoms with Crippen LogP contribution in [0.15, 0.2) is 24.3 Å². The number of nitrogens with zero attached hydrogens (tertiary/aromatic N) is 1. The van der Waals surface area contributed by atoms with Gasteiger partial charge in [0, 0.05) is 19.4 Å². The molecule has 3 rings (SSSR count). The van der Waals surface area contributed by atoms with Crippen LogP contribution in [0.5, 0.6) is 0 Å². The van der Waals surface area contributed by atoms with Gasteiger partial charge in [-0.25, -0.2) is 5.48 Å². The van der Waals surface area contributed by atoms with Crippen LogP contribution >= 0.6 is 0 Å². The van der Waals surface area contributed by atoms with Crippen LogP contribution in [0.25, 0.3) is 0 Å². The van der Waals surface area contributed by atoms with Crippen molar-refractivity contribution in [3.63, 3.8) is 0 Å². The molecule has 2 atom stereocenters. The van der Waals surface area contributed by atoms with Gasteiger partial charge in [-0.2, -0.15) is 0 Å². The molecule has 0 aromatic heterocycles. The summed E-state index contributed by atoms with van der Waals surface area (Å²) < 4.78 is 0. The van der Waals surface area contributed by atoms with Gasteiger partial charge in [0.15, 0.2) is 0 Å². The number of benzene rings is 1. The molecule has 0 bridgehead atoms. The minimum absolute atomic E-state index is 0.0804. The molecule has 1 fully saturated rings. The van der Waals surface area contributed by atoms with Crippen molar-refractivity contribution in [1.29, 1.82) is 0 Å². The Hall–Kier alpha value is -2.54. The van der Waals surface area contributed by atoms with Gasteiger partial charge in [-0.1, -0.05) is 25.0 Å². The third-order valence-electron chi connectivity index (χ3n) is 4.76. The molecule has 0 radical (unpaired) electrons. The molecule has 2 aliphatic rings. The molecule has 7 heteroatoms. The smallest absolute Gasteiger partial charge is 0.289 e. The van der Waals surface area contributed by atoms with Crippen molar-refractivity contribution in [1.82, 2.24) is 10.4 Å². The van der Waals surface area contributed by atoms with Crippen LogP contribution in [0.1, 0.15) is 53.3 Å². The van der Waals surface area contributed by atoms with Gasteiger partial charge in [0.25, 0.3) is 11.8 Å². The lowest BCUT2D eigenvalue weighted by molar-refractivity contribution is -0.152. The number of imide groups is 1. The van der Waals surface area contributed by atoms with Gasteiger partial charge in [-0.3, -0.25) is 28.9 Å². The van der Waals surface area contributed by atoms with E-state index in [1.165, 1.54) is 4.90 Å². The normalized spacial score (nSPS) is 22.7. The number of hydroxylamine groups is 1. The fraction of sp³-hybridized carbons (Fsp3) is 0.444. The number of carbonyl (C=O) groups is 4. The van der Waals surface area contributed by atoms with Crippen molar-refractivity contribution >= 4 is 23.5 Å². The van der Waals surface area contributed by atoms with Crippen LogP contribution in [0.2, 0.25) is 0 Å². The number of rotatable bonds is 5. The second kappa shape index (κ2) is 7.14. The van der Waals surface area contributed by atoms with E-state index in [0.29, 0.717) is 17.5 Å². The number of hydrogen-bond donors (Lipinski definition) is 1. The van der Waals surface area contributed by atoms with Gasteiger partial charge in [0.2, 0.25) is 5.78 Å². The summed E-state index contributed by atoms with van der Waals surface area (Å²) in [7, 11) is 0. The van der Waals surface area contributed by atoms with Crippen LogP contribution in [-0.2, 0) is 14.4 Å². The molecule has 2 unspecified atom stereocenters. The second-order valence-electron chi connectivity index (χ2n) is 6.45. The van der Waals surface area contributed by atoms with Crippen molar-refractivity contribution in [3.05, 3.63) is 35.4 Å². The van der Waals surface area contributed by atoms with Crippen molar-refractivity contribution in [2.75, 3.05) is 6.54 Å². The first-order chi connectivity index (χ1) is 12.0. The Morgan fingerprint density at radius 2 is 1.72 bits per heavy atom. The van der Waals surface area contributed by atoms with E-state index in [4.69, 9.17) is 4.84 Å². The van der Waals surface area contributed by atoms with Gasteiger partial charge >= 0.3 is 5.91 Å². The van der Waals surface area contributed by atoms with Crippen LogP contribution in [-0.4, -0.2) is 41.1 Å². The average Bonchev–Trinajstić information content (AvgIpc) is 2.86. The van der Waals surface area contributed by atoms with Gasteiger partial charge in [0.05, 0.1) is 17.2 Å². The second-order valence-corrected chi connectivity index (χ2v) is 6.45. The van der Waals surface area contributed by atoms with Crippen molar-refractivity contribution < 1.29 is 24.0 Å². The van der Waals surface area contributed by atoms with E-state index in [1.807, 2.05) is 0 Å². The van der Waals surface area contributed by atoms with Gasteiger partial charge < -0.3 is 0 Å². The third kappa shape index (κ3) is 3.46. The molecule has 1 aliphatic carbocycles. The summed E-state index contributed by atoms with van der Waals surface area (Å²) in [5.41, 5.74) is 3.01. The number of carbonyl (C=O) groups excluding carboxylic acids is 4. The number of nitrogens with one attached hydrogen (secondary N) is 1. The minimum atomic E-state index is -0.801. The van der Waals surface area contributed by atoms with Gasteiger partial charge in [-0.05, 0) is 25.0 Å². The zero-order valence-electron chi connectivity index (χ0n) is 14.0. The summed E-state index contributed by atoms with van der Waals surface area (Å²) in [6.07, 6.45) is 3.05. The van der Waals surface area contributed by atoms with Gasteiger partial charge in [-0.15, -0.1) is 0 Å². The SMILES string of the molecule is CC(=O)C(=O)NOC1CCCCC1CN1C(=O)c2ccccc2C1=O. The molecule has 25 heavy (non-hydrogen) atoms. The fourth-order valence-electron chi connectivity index (χ4n) is 3.38. The van der Waals surface area contributed by atoms with Crippen LogP contribution in [0, 0.1) is 5.92 Å². The van der Waals surface area contributed by atoms with E-state index in [2.05, 4.69) is 5.48 Å². The number of Topliss-reactive ketones (excluding diaryl/α,β-unsaturated/α-hetero) is 1. The predicted octanol–water partition coefficient (Wildman–Crippen LogP) is 1.48. The summed E-state index contributed by atoms with van der Waals surface area (Å²) in [4.78, 5) is 54.0. The molecule has 1 aliphatic heterocycles. The highest BCUT2D eigenvalue weighted by molar-refractivity contribution is 6.34. The summed E-state index contributed by atoms with van der Waals surface area (Å²) in [6.45, 7) is 1.41. The maximum atomic E-state index is 12.5. The Bertz CT molecular complexity index is 695. The average molecular weight is 344 g/mol. The molecule has 1 N–H and O–H groups in total. The molecule has 0 saturated heterocycles. The Kier molecular flexibility index (Phi) is 4.94. The van der Waals surface area contributed by atoms with Crippen molar-refractivity contribution in [2.45, 2.75) is 38.7 Å². The highest BCUT2D eigenvalue weighted by Crippen LogP contribution is 2.30. The zero-order chi connectivity index (χ0) is 18.0.